The molecule has 0 aromatic rings. The Hall–Kier alpha value is -1.52. The zero-order valence-electron chi connectivity index (χ0n) is 11.7. The molecule has 0 spiro atoms. The number of likely N-dealkylation sites (N-methyl/N-ethyl adjacent to an activating group) is 1. The van der Waals surface area contributed by atoms with Crippen molar-refractivity contribution < 1.29 is 14.7 Å². The van der Waals surface area contributed by atoms with Crippen LogP contribution in [-0.4, -0.2) is 41.1 Å². The second-order valence-corrected chi connectivity index (χ2v) is 4.62. The highest BCUT2D eigenvalue weighted by Crippen LogP contribution is 2.09. The molecule has 0 rings (SSSR count). The van der Waals surface area contributed by atoms with Gasteiger partial charge in [-0.15, -0.1) is 0 Å². The second kappa shape index (κ2) is 7.74. The van der Waals surface area contributed by atoms with E-state index in [0.717, 1.165) is 5.57 Å². The Balaban J connectivity index is 4.66. The molecule has 0 radical (unpaired) electrons. The molecule has 2 amide bonds. The number of amides is 2. The first-order chi connectivity index (χ1) is 8.33. The number of urea groups is 1. The van der Waals surface area contributed by atoms with Crippen LogP contribution in [0.5, 0.6) is 0 Å². The van der Waals surface area contributed by atoms with E-state index in [9.17, 15) is 9.59 Å². The van der Waals surface area contributed by atoms with Crippen LogP contribution < -0.4 is 5.32 Å². The van der Waals surface area contributed by atoms with E-state index in [4.69, 9.17) is 5.11 Å². The number of nitrogens with zero attached hydrogens (tertiary/aromatic N) is 1. The summed E-state index contributed by atoms with van der Waals surface area (Å²) < 4.78 is 0. The molecule has 5 heteroatoms. The standard InChI is InChI=1S/C13H24N2O3/c1-6-10(5)11(12(16)17)14-13(18)15(7-2)8-9(3)4/h10-11H,3,6-8H2,1-2,4-5H3,(H,14,18)(H,16,17). The Morgan fingerprint density at radius 1 is 1.39 bits per heavy atom. The van der Waals surface area contributed by atoms with Crippen LogP contribution in [0.25, 0.3) is 0 Å². The van der Waals surface area contributed by atoms with Gasteiger partial charge in [0.15, 0.2) is 0 Å². The third-order valence-corrected chi connectivity index (χ3v) is 2.89. The fraction of sp³-hybridized carbons (Fsp3) is 0.692. The summed E-state index contributed by atoms with van der Waals surface area (Å²) in [5.41, 5.74) is 0.863. The van der Waals surface area contributed by atoms with Crippen molar-refractivity contribution in [2.45, 2.75) is 40.2 Å². The van der Waals surface area contributed by atoms with Crippen molar-refractivity contribution in [3.8, 4) is 0 Å². The minimum atomic E-state index is -0.996. The largest absolute Gasteiger partial charge is 0.480 e. The van der Waals surface area contributed by atoms with Crippen molar-refractivity contribution in [1.29, 1.82) is 0 Å². The molecule has 2 unspecified atom stereocenters. The Labute approximate surface area is 109 Å². The summed E-state index contributed by atoms with van der Waals surface area (Å²) in [4.78, 5) is 24.6. The van der Waals surface area contributed by atoms with Crippen LogP contribution in [0.4, 0.5) is 4.79 Å². The Kier molecular flexibility index (Phi) is 7.08. The lowest BCUT2D eigenvalue weighted by molar-refractivity contribution is -0.140. The fourth-order valence-electron chi connectivity index (χ4n) is 1.56. The van der Waals surface area contributed by atoms with Crippen LogP contribution in [0.2, 0.25) is 0 Å². The monoisotopic (exact) mass is 256 g/mol. The number of carboxylic acid groups (broad SMARTS) is 1. The van der Waals surface area contributed by atoms with Crippen LogP contribution in [0, 0.1) is 5.92 Å². The second-order valence-electron chi connectivity index (χ2n) is 4.62. The summed E-state index contributed by atoms with van der Waals surface area (Å²) in [6.45, 7) is 12.1. The van der Waals surface area contributed by atoms with Gasteiger partial charge in [0.25, 0.3) is 0 Å². The molecule has 0 saturated heterocycles. The maximum absolute atomic E-state index is 12.0. The maximum Gasteiger partial charge on any atom is 0.326 e. The molecule has 2 atom stereocenters. The summed E-state index contributed by atoms with van der Waals surface area (Å²) in [7, 11) is 0. The van der Waals surface area contributed by atoms with Gasteiger partial charge in [0.1, 0.15) is 6.04 Å². The Morgan fingerprint density at radius 3 is 2.28 bits per heavy atom. The molecule has 2 N–H and O–H groups in total. The van der Waals surface area contributed by atoms with Crippen molar-refractivity contribution in [3.05, 3.63) is 12.2 Å². The average molecular weight is 256 g/mol. The third-order valence-electron chi connectivity index (χ3n) is 2.89. The van der Waals surface area contributed by atoms with E-state index in [2.05, 4.69) is 11.9 Å². The summed E-state index contributed by atoms with van der Waals surface area (Å²) in [5, 5.41) is 11.7. The van der Waals surface area contributed by atoms with Gasteiger partial charge in [-0.1, -0.05) is 32.4 Å². The van der Waals surface area contributed by atoms with Gasteiger partial charge in [-0.3, -0.25) is 0 Å². The predicted octanol–water partition coefficient (Wildman–Crippen LogP) is 2.09. The van der Waals surface area contributed by atoms with Crippen LogP contribution >= 0.6 is 0 Å². The number of carboxylic acids is 1. The Bertz CT molecular complexity index is 315. The molecule has 0 aromatic heterocycles. The number of hydrogen-bond acceptors (Lipinski definition) is 2. The highest BCUT2D eigenvalue weighted by atomic mass is 16.4. The summed E-state index contributed by atoms with van der Waals surface area (Å²) in [6, 6.07) is -1.20. The number of carbonyl (C=O) groups is 2. The first kappa shape index (κ1) is 16.5. The van der Waals surface area contributed by atoms with Crippen LogP contribution in [0.15, 0.2) is 12.2 Å². The molecule has 0 saturated carbocycles. The topological polar surface area (TPSA) is 69.6 Å². The lowest BCUT2D eigenvalue weighted by Crippen LogP contribution is -2.50. The van der Waals surface area contributed by atoms with Crippen molar-refractivity contribution in [3.63, 3.8) is 0 Å². The number of rotatable bonds is 7. The van der Waals surface area contributed by atoms with Crippen molar-refractivity contribution in [2.75, 3.05) is 13.1 Å². The van der Waals surface area contributed by atoms with E-state index in [0.29, 0.717) is 19.5 Å². The lowest BCUT2D eigenvalue weighted by Gasteiger charge is -2.26. The molecular weight excluding hydrogens is 232 g/mol. The summed E-state index contributed by atoms with van der Waals surface area (Å²) >= 11 is 0. The van der Waals surface area contributed by atoms with E-state index in [-0.39, 0.29) is 11.9 Å². The van der Waals surface area contributed by atoms with Crippen molar-refractivity contribution in [1.82, 2.24) is 10.2 Å². The van der Waals surface area contributed by atoms with Gasteiger partial charge in [0.05, 0.1) is 0 Å². The molecule has 0 aliphatic heterocycles. The molecule has 0 heterocycles. The number of carbonyl (C=O) groups excluding carboxylic acids is 1. The molecule has 18 heavy (non-hydrogen) atoms. The minimum absolute atomic E-state index is 0.102. The lowest BCUT2D eigenvalue weighted by atomic mass is 9.99. The Morgan fingerprint density at radius 2 is 1.94 bits per heavy atom. The predicted molar refractivity (Wildman–Crippen MR) is 71.5 cm³/mol. The molecule has 104 valence electrons. The van der Waals surface area contributed by atoms with E-state index in [1.165, 1.54) is 0 Å². The van der Waals surface area contributed by atoms with Gasteiger partial charge in [-0.25, -0.2) is 9.59 Å². The quantitative estimate of drug-likeness (QED) is 0.685. The number of hydrogen-bond donors (Lipinski definition) is 2. The maximum atomic E-state index is 12.0. The van der Waals surface area contributed by atoms with Crippen LogP contribution in [0.3, 0.4) is 0 Å². The van der Waals surface area contributed by atoms with E-state index < -0.39 is 12.0 Å². The molecule has 0 bridgehead atoms. The van der Waals surface area contributed by atoms with Crippen molar-refractivity contribution >= 4 is 12.0 Å². The van der Waals surface area contributed by atoms with Crippen LogP contribution in [0.1, 0.15) is 34.1 Å². The first-order valence-corrected chi connectivity index (χ1v) is 6.26. The van der Waals surface area contributed by atoms with Gasteiger partial charge in [-0.05, 0) is 19.8 Å². The smallest absolute Gasteiger partial charge is 0.326 e. The average Bonchev–Trinajstić information content (AvgIpc) is 2.30. The summed E-state index contributed by atoms with van der Waals surface area (Å²) in [5.74, 6) is -1.10. The van der Waals surface area contributed by atoms with Gasteiger partial charge in [0, 0.05) is 13.1 Å². The molecule has 0 aliphatic rings. The normalized spacial score (nSPS) is 13.6. The highest BCUT2D eigenvalue weighted by Gasteiger charge is 2.26. The molecule has 5 nitrogen and oxygen atoms in total. The van der Waals surface area contributed by atoms with Gasteiger partial charge >= 0.3 is 12.0 Å². The molecular formula is C13H24N2O3. The van der Waals surface area contributed by atoms with Crippen LogP contribution in [-0.2, 0) is 4.79 Å². The number of aliphatic carboxylic acids is 1. The van der Waals surface area contributed by atoms with E-state index in [1.54, 1.807) is 4.90 Å². The molecule has 0 aliphatic carbocycles. The van der Waals surface area contributed by atoms with Gasteiger partial charge in [-0.2, -0.15) is 0 Å². The van der Waals surface area contributed by atoms with E-state index in [1.807, 2.05) is 27.7 Å². The molecule has 0 aromatic carbocycles. The first-order valence-electron chi connectivity index (χ1n) is 6.26. The van der Waals surface area contributed by atoms with E-state index >= 15 is 0 Å². The zero-order valence-corrected chi connectivity index (χ0v) is 11.7. The zero-order chi connectivity index (χ0) is 14.3. The van der Waals surface area contributed by atoms with Gasteiger partial charge in [0.2, 0.25) is 0 Å². The van der Waals surface area contributed by atoms with Gasteiger partial charge < -0.3 is 15.3 Å². The van der Waals surface area contributed by atoms with Crippen molar-refractivity contribution in [2.24, 2.45) is 5.92 Å². The fourth-order valence-corrected chi connectivity index (χ4v) is 1.56. The third kappa shape index (κ3) is 5.21. The highest BCUT2D eigenvalue weighted by molar-refractivity contribution is 5.82. The number of nitrogens with one attached hydrogen (secondary N) is 1. The minimum Gasteiger partial charge on any atom is -0.480 e. The summed E-state index contributed by atoms with van der Waals surface area (Å²) in [6.07, 6.45) is 0.698. The SMILES string of the molecule is C=C(C)CN(CC)C(=O)NC(C(=O)O)C(C)CC. The molecule has 0 fully saturated rings.